The molecule has 1 aliphatic heterocycles. The summed E-state index contributed by atoms with van der Waals surface area (Å²) in [5.41, 5.74) is 3.64. The molecule has 3 aromatic rings. The van der Waals surface area contributed by atoms with Crippen molar-refractivity contribution in [3.05, 3.63) is 101 Å². The standard InChI is InChI=1S/C26H25ClN2O3S/c1-15-21(24(31)32-5)22(17-8-12-19(27)13-9-17)29-23(30)20(33-25(29)28-15)14-16-6-10-18(11-7-16)26(2,3)4/h6-14,22H,1-5H3. The molecule has 2 heterocycles. The topological polar surface area (TPSA) is 60.7 Å². The largest absolute Gasteiger partial charge is 0.466 e. The maximum absolute atomic E-state index is 13.5. The molecule has 0 amide bonds. The van der Waals surface area contributed by atoms with Crippen molar-refractivity contribution in [3.63, 3.8) is 0 Å². The van der Waals surface area contributed by atoms with E-state index in [1.54, 1.807) is 23.6 Å². The van der Waals surface area contributed by atoms with Gasteiger partial charge in [-0.25, -0.2) is 9.79 Å². The third-order valence-corrected chi connectivity index (χ3v) is 6.92. The van der Waals surface area contributed by atoms with Crippen LogP contribution in [0.1, 0.15) is 50.4 Å². The number of rotatable bonds is 3. The second kappa shape index (κ2) is 8.76. The van der Waals surface area contributed by atoms with E-state index >= 15 is 0 Å². The molecule has 7 heteroatoms. The molecule has 1 aromatic heterocycles. The minimum atomic E-state index is -0.642. The summed E-state index contributed by atoms with van der Waals surface area (Å²) >= 11 is 7.39. The van der Waals surface area contributed by atoms with Gasteiger partial charge in [0.15, 0.2) is 4.80 Å². The zero-order chi connectivity index (χ0) is 23.9. The molecule has 5 nitrogen and oxygen atoms in total. The van der Waals surface area contributed by atoms with Crippen molar-refractivity contribution in [1.82, 2.24) is 4.57 Å². The van der Waals surface area contributed by atoms with Crippen LogP contribution in [0.4, 0.5) is 0 Å². The van der Waals surface area contributed by atoms with E-state index in [1.165, 1.54) is 24.0 Å². The Balaban J connectivity index is 1.89. The van der Waals surface area contributed by atoms with Gasteiger partial charge in [-0.1, -0.05) is 80.1 Å². The van der Waals surface area contributed by atoms with E-state index in [-0.39, 0.29) is 11.0 Å². The van der Waals surface area contributed by atoms with Crippen LogP contribution in [0.15, 0.2) is 69.6 Å². The SMILES string of the molecule is COC(=O)C1=C(C)N=c2sc(=Cc3ccc(C(C)(C)C)cc3)c(=O)n2C1c1ccc(Cl)cc1. The Labute approximate surface area is 201 Å². The predicted molar refractivity (Wildman–Crippen MR) is 132 cm³/mol. The van der Waals surface area contributed by atoms with Gasteiger partial charge in [-0.3, -0.25) is 9.36 Å². The Morgan fingerprint density at radius 2 is 1.76 bits per heavy atom. The molecule has 0 bridgehead atoms. The van der Waals surface area contributed by atoms with Crippen molar-refractivity contribution < 1.29 is 9.53 Å². The van der Waals surface area contributed by atoms with Crippen molar-refractivity contribution in [2.45, 2.75) is 39.2 Å². The van der Waals surface area contributed by atoms with Crippen LogP contribution in [0.2, 0.25) is 5.02 Å². The fourth-order valence-electron chi connectivity index (χ4n) is 3.88. The Hall–Kier alpha value is -2.96. The van der Waals surface area contributed by atoms with Crippen LogP contribution in [-0.2, 0) is 14.9 Å². The van der Waals surface area contributed by atoms with Crippen LogP contribution < -0.4 is 14.9 Å². The summed E-state index contributed by atoms with van der Waals surface area (Å²) in [7, 11) is 1.33. The maximum Gasteiger partial charge on any atom is 0.338 e. The van der Waals surface area contributed by atoms with Crippen molar-refractivity contribution in [3.8, 4) is 0 Å². The molecule has 0 N–H and O–H groups in total. The summed E-state index contributed by atoms with van der Waals surface area (Å²) in [6, 6.07) is 14.7. The van der Waals surface area contributed by atoms with Crippen molar-refractivity contribution >= 4 is 35.0 Å². The molecule has 4 rings (SSSR count). The second-order valence-corrected chi connectivity index (χ2v) is 10.4. The number of methoxy groups -OCH3 is 1. The maximum atomic E-state index is 13.5. The highest BCUT2D eigenvalue weighted by Crippen LogP contribution is 2.31. The van der Waals surface area contributed by atoms with E-state index in [2.05, 4.69) is 37.9 Å². The van der Waals surface area contributed by atoms with Crippen molar-refractivity contribution in [2.24, 2.45) is 4.99 Å². The first-order valence-corrected chi connectivity index (χ1v) is 11.8. The van der Waals surface area contributed by atoms with E-state index in [0.29, 0.717) is 25.6 Å². The summed E-state index contributed by atoms with van der Waals surface area (Å²) in [6.07, 6.45) is 1.87. The molecule has 1 aliphatic rings. The van der Waals surface area contributed by atoms with Gasteiger partial charge in [0.05, 0.1) is 29.0 Å². The highest BCUT2D eigenvalue weighted by molar-refractivity contribution is 7.07. The number of carbonyl (C=O) groups excluding carboxylic acids is 1. The Bertz CT molecular complexity index is 1420. The quantitative estimate of drug-likeness (QED) is 0.523. The fourth-order valence-corrected chi connectivity index (χ4v) is 5.06. The van der Waals surface area contributed by atoms with Crippen LogP contribution >= 0.6 is 22.9 Å². The number of thiazole rings is 1. The second-order valence-electron chi connectivity index (χ2n) is 9.00. The molecule has 33 heavy (non-hydrogen) atoms. The van der Waals surface area contributed by atoms with Crippen LogP contribution in [0.5, 0.6) is 0 Å². The minimum Gasteiger partial charge on any atom is -0.466 e. The molecule has 0 aliphatic carbocycles. The molecule has 2 aromatic carbocycles. The molecular weight excluding hydrogens is 456 g/mol. The lowest BCUT2D eigenvalue weighted by Crippen LogP contribution is -2.39. The normalized spacial score (nSPS) is 16.4. The monoisotopic (exact) mass is 480 g/mol. The zero-order valence-electron chi connectivity index (χ0n) is 19.2. The summed E-state index contributed by atoms with van der Waals surface area (Å²) in [6.45, 7) is 8.26. The highest BCUT2D eigenvalue weighted by atomic mass is 35.5. The average molecular weight is 481 g/mol. The summed E-state index contributed by atoms with van der Waals surface area (Å²) < 4.78 is 7.15. The third kappa shape index (κ3) is 4.45. The molecule has 0 radical (unpaired) electrons. The zero-order valence-corrected chi connectivity index (χ0v) is 20.8. The van der Waals surface area contributed by atoms with Crippen LogP contribution in [0, 0.1) is 0 Å². The van der Waals surface area contributed by atoms with Gasteiger partial charge in [0, 0.05) is 5.02 Å². The molecule has 0 saturated carbocycles. The number of allylic oxidation sites excluding steroid dienone is 1. The molecule has 0 fully saturated rings. The number of esters is 1. The number of carbonyl (C=O) groups is 1. The molecule has 1 unspecified atom stereocenters. The van der Waals surface area contributed by atoms with Gasteiger partial charge in [0.25, 0.3) is 5.56 Å². The summed E-state index contributed by atoms with van der Waals surface area (Å²) in [4.78, 5) is 31.3. The van der Waals surface area contributed by atoms with E-state index < -0.39 is 12.0 Å². The van der Waals surface area contributed by atoms with E-state index in [9.17, 15) is 9.59 Å². The van der Waals surface area contributed by atoms with Gasteiger partial charge in [0.2, 0.25) is 0 Å². The Morgan fingerprint density at radius 3 is 2.33 bits per heavy atom. The number of halogens is 1. The van der Waals surface area contributed by atoms with Gasteiger partial charge < -0.3 is 4.74 Å². The minimum absolute atomic E-state index is 0.0538. The number of fused-ring (bicyclic) bond motifs is 1. The number of aromatic nitrogens is 1. The van der Waals surface area contributed by atoms with E-state index in [0.717, 1.165) is 11.1 Å². The lowest BCUT2D eigenvalue weighted by atomic mass is 9.87. The van der Waals surface area contributed by atoms with Crippen LogP contribution in [-0.4, -0.2) is 17.6 Å². The molecular formula is C26H25ClN2O3S. The van der Waals surface area contributed by atoms with Gasteiger partial charge in [-0.05, 0) is 47.2 Å². The third-order valence-electron chi connectivity index (χ3n) is 5.69. The lowest BCUT2D eigenvalue weighted by molar-refractivity contribution is -0.136. The Morgan fingerprint density at radius 1 is 1.12 bits per heavy atom. The van der Waals surface area contributed by atoms with Gasteiger partial charge in [0.1, 0.15) is 0 Å². The average Bonchev–Trinajstić information content (AvgIpc) is 3.07. The highest BCUT2D eigenvalue weighted by Gasteiger charge is 2.33. The summed E-state index contributed by atoms with van der Waals surface area (Å²) in [5.74, 6) is -0.511. The Kier molecular flexibility index (Phi) is 6.16. The van der Waals surface area contributed by atoms with E-state index in [1.807, 2.05) is 30.3 Å². The molecule has 1 atom stereocenters. The first kappa shape index (κ1) is 23.2. The first-order chi connectivity index (χ1) is 15.6. The van der Waals surface area contributed by atoms with Crippen LogP contribution in [0.25, 0.3) is 6.08 Å². The molecule has 0 spiro atoms. The smallest absolute Gasteiger partial charge is 0.338 e. The predicted octanol–water partition coefficient (Wildman–Crippen LogP) is 4.36. The van der Waals surface area contributed by atoms with Crippen molar-refractivity contribution in [1.29, 1.82) is 0 Å². The van der Waals surface area contributed by atoms with E-state index in [4.69, 9.17) is 16.3 Å². The van der Waals surface area contributed by atoms with Gasteiger partial charge >= 0.3 is 5.97 Å². The van der Waals surface area contributed by atoms with Crippen molar-refractivity contribution in [2.75, 3.05) is 7.11 Å². The number of benzene rings is 2. The summed E-state index contributed by atoms with van der Waals surface area (Å²) in [5, 5.41) is 0.574. The number of hydrogen-bond donors (Lipinski definition) is 0. The van der Waals surface area contributed by atoms with Crippen LogP contribution in [0.3, 0.4) is 0 Å². The number of nitrogens with zero attached hydrogens (tertiary/aromatic N) is 2. The first-order valence-electron chi connectivity index (χ1n) is 10.6. The number of ether oxygens (including phenoxy) is 1. The van der Waals surface area contributed by atoms with Gasteiger partial charge in [-0.2, -0.15) is 0 Å². The fraction of sp³-hybridized carbons (Fsp3) is 0.269. The molecule has 0 saturated heterocycles. The molecule has 170 valence electrons. The lowest BCUT2D eigenvalue weighted by Gasteiger charge is -2.24. The number of hydrogen-bond acceptors (Lipinski definition) is 5. The van der Waals surface area contributed by atoms with Gasteiger partial charge in [-0.15, -0.1) is 0 Å².